The van der Waals surface area contributed by atoms with Crippen LogP contribution in [0.1, 0.15) is 19.3 Å². The molecule has 0 aliphatic heterocycles. The Labute approximate surface area is 139 Å². The first-order valence-corrected chi connectivity index (χ1v) is 7.85. The number of methoxy groups -OCH3 is 1. The SMILES string of the molecule is COc1cc(NC(=O)C2(/C(N)=N/O)CCC2)c(Br)cc1Br. The van der Waals surface area contributed by atoms with Gasteiger partial charge in [0.15, 0.2) is 5.84 Å². The predicted octanol–water partition coefficient (Wildman–Crippen LogP) is 3.08. The second kappa shape index (κ2) is 6.23. The number of hydrogen-bond acceptors (Lipinski definition) is 4. The first kappa shape index (κ1) is 16.1. The van der Waals surface area contributed by atoms with Crippen LogP contribution in [0.5, 0.6) is 5.75 Å². The van der Waals surface area contributed by atoms with Crippen molar-refractivity contribution >= 4 is 49.3 Å². The van der Waals surface area contributed by atoms with Crippen LogP contribution >= 0.6 is 31.9 Å². The van der Waals surface area contributed by atoms with Gasteiger partial charge in [0, 0.05) is 10.5 Å². The third-order valence-electron chi connectivity index (χ3n) is 3.73. The van der Waals surface area contributed by atoms with Crippen LogP contribution in [0.2, 0.25) is 0 Å². The van der Waals surface area contributed by atoms with Crippen LogP contribution < -0.4 is 15.8 Å². The summed E-state index contributed by atoms with van der Waals surface area (Å²) in [5, 5.41) is 14.7. The molecule has 0 bridgehead atoms. The van der Waals surface area contributed by atoms with E-state index < -0.39 is 5.41 Å². The molecule has 8 heteroatoms. The molecule has 1 aromatic rings. The molecule has 0 saturated heterocycles. The van der Waals surface area contributed by atoms with Gasteiger partial charge in [0.05, 0.1) is 17.3 Å². The fourth-order valence-corrected chi connectivity index (χ4v) is 3.50. The second-order valence-electron chi connectivity index (χ2n) is 4.84. The number of oxime groups is 1. The molecule has 0 radical (unpaired) electrons. The molecular weight excluding hydrogens is 406 g/mol. The Hall–Kier alpha value is -1.28. The molecular formula is C13H15Br2N3O3. The fraction of sp³-hybridized carbons (Fsp3) is 0.385. The number of nitrogens with zero attached hydrogens (tertiary/aromatic N) is 1. The molecule has 114 valence electrons. The minimum Gasteiger partial charge on any atom is -0.495 e. The van der Waals surface area contributed by atoms with Crippen LogP contribution in [0.15, 0.2) is 26.2 Å². The zero-order valence-electron chi connectivity index (χ0n) is 11.3. The van der Waals surface area contributed by atoms with E-state index >= 15 is 0 Å². The summed E-state index contributed by atoms with van der Waals surface area (Å²) < 4.78 is 6.68. The maximum Gasteiger partial charge on any atom is 0.238 e. The monoisotopic (exact) mass is 419 g/mol. The molecule has 2 rings (SSSR count). The predicted molar refractivity (Wildman–Crippen MR) is 86.7 cm³/mol. The molecule has 0 aromatic heterocycles. The van der Waals surface area contributed by atoms with Crippen molar-refractivity contribution in [1.82, 2.24) is 0 Å². The Morgan fingerprint density at radius 2 is 2.10 bits per heavy atom. The second-order valence-corrected chi connectivity index (χ2v) is 6.55. The highest BCUT2D eigenvalue weighted by Gasteiger charge is 2.48. The zero-order valence-corrected chi connectivity index (χ0v) is 14.5. The molecule has 0 unspecified atom stereocenters. The quantitative estimate of drug-likeness (QED) is 0.301. The van der Waals surface area contributed by atoms with Gasteiger partial charge in [-0.3, -0.25) is 4.79 Å². The van der Waals surface area contributed by atoms with Crippen molar-refractivity contribution in [1.29, 1.82) is 0 Å². The molecule has 6 nitrogen and oxygen atoms in total. The summed E-state index contributed by atoms with van der Waals surface area (Å²) in [4.78, 5) is 12.5. The Kier molecular flexibility index (Phi) is 4.77. The van der Waals surface area contributed by atoms with Crippen molar-refractivity contribution in [2.24, 2.45) is 16.3 Å². The van der Waals surface area contributed by atoms with Crippen molar-refractivity contribution < 1.29 is 14.7 Å². The average molecular weight is 421 g/mol. The van der Waals surface area contributed by atoms with Gasteiger partial charge in [-0.15, -0.1) is 0 Å². The van der Waals surface area contributed by atoms with Gasteiger partial charge in [-0.1, -0.05) is 11.6 Å². The van der Waals surface area contributed by atoms with E-state index in [9.17, 15) is 4.79 Å². The number of anilines is 1. The number of nitrogens with one attached hydrogen (secondary N) is 1. The van der Waals surface area contributed by atoms with Crippen molar-refractivity contribution in [2.45, 2.75) is 19.3 Å². The van der Waals surface area contributed by atoms with Crippen molar-refractivity contribution in [3.8, 4) is 5.75 Å². The Morgan fingerprint density at radius 3 is 2.57 bits per heavy atom. The highest BCUT2D eigenvalue weighted by molar-refractivity contribution is 9.11. The third-order valence-corrected chi connectivity index (χ3v) is 5.01. The van der Waals surface area contributed by atoms with Crippen LogP contribution in [-0.2, 0) is 4.79 Å². The first-order valence-electron chi connectivity index (χ1n) is 6.27. The van der Waals surface area contributed by atoms with Crippen molar-refractivity contribution in [3.05, 3.63) is 21.1 Å². The normalized spacial score (nSPS) is 17.0. The third kappa shape index (κ3) is 2.87. The standard InChI is InChI=1S/C13H15Br2N3O3/c1-21-10-6-9(7(14)5-8(10)15)17-12(19)13(3-2-4-13)11(16)18-20/h5-6,20H,2-4H2,1H3,(H2,16,18)(H,17,19). The Balaban J connectivity index is 2.28. The first-order chi connectivity index (χ1) is 9.94. The lowest BCUT2D eigenvalue weighted by atomic mass is 9.67. The van der Waals surface area contributed by atoms with Crippen LogP contribution in [0.3, 0.4) is 0 Å². The van der Waals surface area contributed by atoms with Crippen LogP contribution in [0.4, 0.5) is 5.69 Å². The maximum absolute atomic E-state index is 12.5. The van der Waals surface area contributed by atoms with Crippen molar-refractivity contribution in [2.75, 3.05) is 12.4 Å². The molecule has 1 aromatic carbocycles. The van der Waals surface area contributed by atoms with Crippen LogP contribution in [0.25, 0.3) is 0 Å². The molecule has 0 atom stereocenters. The molecule has 1 aliphatic carbocycles. The molecule has 4 N–H and O–H groups in total. The summed E-state index contributed by atoms with van der Waals surface area (Å²) in [6.45, 7) is 0. The number of amidine groups is 1. The van der Waals surface area contributed by atoms with E-state index in [-0.39, 0.29) is 11.7 Å². The molecule has 1 aliphatic rings. The number of nitrogens with two attached hydrogens (primary N) is 1. The summed E-state index contributed by atoms with van der Waals surface area (Å²) in [6.07, 6.45) is 2.01. The largest absolute Gasteiger partial charge is 0.495 e. The Morgan fingerprint density at radius 1 is 1.43 bits per heavy atom. The number of amides is 1. The van der Waals surface area contributed by atoms with Crippen LogP contribution in [0, 0.1) is 5.41 Å². The van der Waals surface area contributed by atoms with Gasteiger partial charge in [0.2, 0.25) is 5.91 Å². The highest BCUT2D eigenvalue weighted by atomic mass is 79.9. The average Bonchev–Trinajstić information content (AvgIpc) is 2.40. The van der Waals surface area contributed by atoms with Gasteiger partial charge in [0.25, 0.3) is 0 Å². The lowest BCUT2D eigenvalue weighted by molar-refractivity contribution is -0.125. The lowest BCUT2D eigenvalue weighted by Crippen LogP contribution is -2.51. The van der Waals surface area contributed by atoms with E-state index in [2.05, 4.69) is 42.3 Å². The van der Waals surface area contributed by atoms with Crippen LogP contribution in [-0.4, -0.2) is 24.1 Å². The summed E-state index contributed by atoms with van der Waals surface area (Å²) in [7, 11) is 1.55. The van der Waals surface area contributed by atoms with E-state index in [1.807, 2.05) is 0 Å². The van der Waals surface area contributed by atoms with E-state index in [1.165, 1.54) is 0 Å². The number of halogens is 2. The summed E-state index contributed by atoms with van der Waals surface area (Å²) >= 11 is 6.76. The van der Waals surface area contributed by atoms with Gasteiger partial charge in [-0.2, -0.15) is 0 Å². The van der Waals surface area contributed by atoms with E-state index in [0.717, 1.165) is 10.9 Å². The van der Waals surface area contributed by atoms with Gasteiger partial charge in [-0.25, -0.2) is 0 Å². The molecule has 1 fully saturated rings. The number of hydrogen-bond donors (Lipinski definition) is 3. The fourth-order valence-electron chi connectivity index (χ4n) is 2.25. The number of ether oxygens (including phenoxy) is 1. The lowest BCUT2D eigenvalue weighted by Gasteiger charge is -2.38. The minimum atomic E-state index is -0.922. The number of benzene rings is 1. The highest BCUT2D eigenvalue weighted by Crippen LogP contribution is 2.43. The van der Waals surface area contributed by atoms with E-state index in [0.29, 0.717) is 28.8 Å². The zero-order chi connectivity index (χ0) is 15.6. The molecule has 1 amide bonds. The Bertz CT molecular complexity index is 601. The number of carbonyl (C=O) groups is 1. The maximum atomic E-state index is 12.5. The van der Waals surface area contributed by atoms with E-state index in [1.54, 1.807) is 19.2 Å². The molecule has 21 heavy (non-hydrogen) atoms. The van der Waals surface area contributed by atoms with Gasteiger partial charge >= 0.3 is 0 Å². The molecule has 0 spiro atoms. The van der Waals surface area contributed by atoms with Gasteiger partial charge in [0.1, 0.15) is 11.2 Å². The minimum absolute atomic E-state index is 0.0496. The smallest absolute Gasteiger partial charge is 0.238 e. The summed E-state index contributed by atoms with van der Waals surface area (Å²) in [5.41, 5.74) is 5.33. The topological polar surface area (TPSA) is 96.9 Å². The summed E-state index contributed by atoms with van der Waals surface area (Å²) in [6, 6.07) is 3.48. The molecule has 0 heterocycles. The number of rotatable bonds is 4. The van der Waals surface area contributed by atoms with Gasteiger partial charge in [-0.05, 0) is 50.8 Å². The molecule has 1 saturated carbocycles. The summed E-state index contributed by atoms with van der Waals surface area (Å²) in [5.74, 6) is 0.264. The van der Waals surface area contributed by atoms with Crippen molar-refractivity contribution in [3.63, 3.8) is 0 Å². The van der Waals surface area contributed by atoms with Gasteiger partial charge < -0.3 is 21.0 Å². The van der Waals surface area contributed by atoms with E-state index in [4.69, 9.17) is 15.7 Å². The number of carbonyl (C=O) groups excluding carboxylic acids is 1.